The maximum atomic E-state index is 11.8. The summed E-state index contributed by atoms with van der Waals surface area (Å²) in [5.74, 6) is 0. The van der Waals surface area contributed by atoms with Gasteiger partial charge in [-0.3, -0.25) is 0 Å². The van der Waals surface area contributed by atoms with Crippen molar-refractivity contribution in [2.45, 2.75) is 5.03 Å². The van der Waals surface area contributed by atoms with Crippen LogP contribution in [-0.2, 0) is 10.0 Å². The second-order valence-corrected chi connectivity index (χ2v) is 5.93. The number of halogens is 1. The highest BCUT2D eigenvalue weighted by Gasteiger charge is 2.11. The molecule has 1 heterocycles. The standard InChI is InChI=1S/C12H9BrN2O2S/c13-11-5-3-4-10(8-11)9-15-18(16,17)12-6-1-2-7-14-12/h1-9H. The molecule has 92 valence electrons. The number of pyridine rings is 1. The van der Waals surface area contributed by atoms with Gasteiger partial charge < -0.3 is 0 Å². The summed E-state index contributed by atoms with van der Waals surface area (Å²) in [5, 5.41) is -0.0590. The van der Waals surface area contributed by atoms with Crippen LogP contribution in [0.4, 0.5) is 0 Å². The highest BCUT2D eigenvalue weighted by atomic mass is 79.9. The molecular weight excluding hydrogens is 316 g/mol. The van der Waals surface area contributed by atoms with Crippen molar-refractivity contribution in [1.82, 2.24) is 4.98 Å². The smallest absolute Gasteiger partial charge is 0.243 e. The van der Waals surface area contributed by atoms with E-state index in [9.17, 15) is 8.42 Å². The first-order valence-electron chi connectivity index (χ1n) is 5.05. The molecule has 0 radical (unpaired) electrons. The van der Waals surface area contributed by atoms with E-state index in [4.69, 9.17) is 0 Å². The molecule has 0 amide bonds. The van der Waals surface area contributed by atoms with Crippen LogP contribution < -0.4 is 0 Å². The van der Waals surface area contributed by atoms with Crippen LogP contribution in [0, 0.1) is 0 Å². The van der Waals surface area contributed by atoms with E-state index in [-0.39, 0.29) is 5.03 Å². The van der Waals surface area contributed by atoms with Gasteiger partial charge in [0, 0.05) is 16.9 Å². The van der Waals surface area contributed by atoms with Crippen molar-refractivity contribution in [3.05, 3.63) is 58.7 Å². The van der Waals surface area contributed by atoms with E-state index in [0.717, 1.165) is 4.47 Å². The first-order chi connectivity index (χ1) is 8.58. The van der Waals surface area contributed by atoms with Crippen LogP contribution in [0.25, 0.3) is 0 Å². The molecular formula is C12H9BrN2O2S. The minimum Gasteiger partial charge on any atom is -0.243 e. The van der Waals surface area contributed by atoms with Gasteiger partial charge in [0.25, 0.3) is 10.0 Å². The van der Waals surface area contributed by atoms with Gasteiger partial charge in [0.2, 0.25) is 0 Å². The lowest BCUT2D eigenvalue weighted by atomic mass is 10.2. The van der Waals surface area contributed by atoms with E-state index in [1.807, 2.05) is 6.07 Å². The Balaban J connectivity index is 2.29. The van der Waals surface area contributed by atoms with E-state index >= 15 is 0 Å². The van der Waals surface area contributed by atoms with Crippen LogP contribution >= 0.6 is 15.9 Å². The van der Waals surface area contributed by atoms with Gasteiger partial charge in [0.1, 0.15) is 0 Å². The van der Waals surface area contributed by atoms with Crippen molar-refractivity contribution in [3.8, 4) is 0 Å². The summed E-state index contributed by atoms with van der Waals surface area (Å²) >= 11 is 3.30. The summed E-state index contributed by atoms with van der Waals surface area (Å²) in [6.07, 6.45) is 2.72. The molecule has 0 N–H and O–H groups in total. The summed E-state index contributed by atoms with van der Waals surface area (Å²) in [6.45, 7) is 0. The fourth-order valence-electron chi connectivity index (χ4n) is 1.27. The maximum absolute atomic E-state index is 11.8. The van der Waals surface area contributed by atoms with Gasteiger partial charge in [-0.25, -0.2) is 4.98 Å². The number of hydrogen-bond donors (Lipinski definition) is 0. The van der Waals surface area contributed by atoms with E-state index < -0.39 is 10.0 Å². The van der Waals surface area contributed by atoms with Gasteiger partial charge in [0.15, 0.2) is 5.03 Å². The van der Waals surface area contributed by atoms with Gasteiger partial charge >= 0.3 is 0 Å². The molecule has 0 fully saturated rings. The summed E-state index contributed by atoms with van der Waals surface area (Å²) in [5.41, 5.74) is 0.698. The predicted molar refractivity (Wildman–Crippen MR) is 73.2 cm³/mol. The van der Waals surface area contributed by atoms with Crippen molar-refractivity contribution < 1.29 is 8.42 Å². The van der Waals surface area contributed by atoms with E-state index in [0.29, 0.717) is 5.56 Å². The lowest BCUT2D eigenvalue weighted by Gasteiger charge is -1.97. The predicted octanol–water partition coefficient (Wildman–Crippen LogP) is 2.65. The molecule has 0 atom stereocenters. The number of hydrogen-bond acceptors (Lipinski definition) is 3. The van der Waals surface area contributed by atoms with Crippen LogP contribution in [0.1, 0.15) is 5.56 Å². The van der Waals surface area contributed by atoms with Crippen molar-refractivity contribution in [1.29, 1.82) is 0 Å². The number of benzene rings is 1. The van der Waals surface area contributed by atoms with Gasteiger partial charge in [-0.05, 0) is 29.8 Å². The fourth-order valence-corrected chi connectivity index (χ4v) is 2.50. The van der Waals surface area contributed by atoms with Crippen LogP contribution in [-0.4, -0.2) is 19.6 Å². The maximum Gasteiger partial charge on any atom is 0.299 e. The fraction of sp³-hybridized carbons (Fsp3) is 0. The zero-order valence-electron chi connectivity index (χ0n) is 9.19. The Labute approximate surface area is 114 Å². The largest absolute Gasteiger partial charge is 0.299 e. The molecule has 1 aromatic heterocycles. The molecule has 0 spiro atoms. The van der Waals surface area contributed by atoms with Crippen LogP contribution in [0.15, 0.2) is 62.6 Å². The average molecular weight is 325 g/mol. The molecule has 0 saturated carbocycles. The molecule has 4 nitrogen and oxygen atoms in total. The van der Waals surface area contributed by atoms with E-state index in [1.54, 1.807) is 30.3 Å². The van der Waals surface area contributed by atoms with E-state index in [2.05, 4.69) is 25.3 Å². The summed E-state index contributed by atoms with van der Waals surface area (Å²) < 4.78 is 28.1. The molecule has 1 aromatic carbocycles. The van der Waals surface area contributed by atoms with Crippen molar-refractivity contribution in [3.63, 3.8) is 0 Å². The topological polar surface area (TPSA) is 59.4 Å². The van der Waals surface area contributed by atoms with Crippen molar-refractivity contribution in [2.24, 2.45) is 4.40 Å². The molecule has 0 aliphatic carbocycles. The average Bonchev–Trinajstić information content (AvgIpc) is 2.38. The molecule has 0 aliphatic rings. The first-order valence-corrected chi connectivity index (χ1v) is 7.28. The molecule has 0 aliphatic heterocycles. The Bertz CT molecular complexity index is 669. The van der Waals surface area contributed by atoms with Gasteiger partial charge in [-0.2, -0.15) is 12.8 Å². The molecule has 0 bridgehead atoms. The first kappa shape index (κ1) is 12.9. The Morgan fingerprint density at radius 1 is 1.17 bits per heavy atom. The molecule has 2 rings (SSSR count). The molecule has 0 unspecified atom stereocenters. The van der Waals surface area contributed by atoms with Gasteiger partial charge in [0.05, 0.1) is 0 Å². The Morgan fingerprint density at radius 2 is 2.00 bits per heavy atom. The van der Waals surface area contributed by atoms with Crippen LogP contribution in [0.3, 0.4) is 0 Å². The zero-order chi connectivity index (χ0) is 13.0. The molecule has 2 aromatic rings. The third kappa shape index (κ3) is 3.24. The second kappa shape index (κ2) is 5.41. The minimum absolute atomic E-state index is 0.0590. The van der Waals surface area contributed by atoms with Crippen LogP contribution in [0.5, 0.6) is 0 Å². The normalized spacial score (nSPS) is 11.8. The Hall–Kier alpha value is -1.53. The summed E-state index contributed by atoms with van der Waals surface area (Å²) in [7, 11) is -3.73. The minimum atomic E-state index is -3.73. The summed E-state index contributed by atoms with van der Waals surface area (Å²) in [6, 6.07) is 11.9. The van der Waals surface area contributed by atoms with Crippen molar-refractivity contribution >= 4 is 32.2 Å². The van der Waals surface area contributed by atoms with Crippen molar-refractivity contribution in [2.75, 3.05) is 0 Å². The second-order valence-electron chi connectivity index (χ2n) is 3.43. The molecule has 6 heteroatoms. The van der Waals surface area contributed by atoms with Gasteiger partial charge in [-0.1, -0.05) is 34.1 Å². The third-order valence-electron chi connectivity index (χ3n) is 2.09. The molecule has 0 saturated heterocycles. The zero-order valence-corrected chi connectivity index (χ0v) is 11.6. The molecule has 18 heavy (non-hydrogen) atoms. The monoisotopic (exact) mass is 324 g/mol. The van der Waals surface area contributed by atoms with E-state index in [1.165, 1.54) is 18.5 Å². The number of aromatic nitrogens is 1. The summed E-state index contributed by atoms with van der Waals surface area (Å²) in [4.78, 5) is 3.77. The third-order valence-corrected chi connectivity index (χ3v) is 3.74. The van der Waals surface area contributed by atoms with Crippen LogP contribution in [0.2, 0.25) is 0 Å². The highest BCUT2D eigenvalue weighted by Crippen LogP contribution is 2.12. The Kier molecular flexibility index (Phi) is 3.88. The lowest BCUT2D eigenvalue weighted by molar-refractivity contribution is 0.594. The quantitative estimate of drug-likeness (QED) is 0.815. The lowest BCUT2D eigenvalue weighted by Crippen LogP contribution is -2.00. The number of nitrogens with zero attached hydrogens (tertiary/aromatic N) is 2. The van der Waals surface area contributed by atoms with Gasteiger partial charge in [-0.15, -0.1) is 0 Å². The number of rotatable bonds is 3. The SMILES string of the molecule is O=S(=O)(N=Cc1cccc(Br)c1)c1ccccn1. The number of sulfonamides is 1. The highest BCUT2D eigenvalue weighted by molar-refractivity contribution is 9.10. The Morgan fingerprint density at radius 3 is 2.67 bits per heavy atom.